The van der Waals surface area contributed by atoms with E-state index in [0.717, 1.165) is 0 Å². The molecule has 1 aliphatic rings. The van der Waals surface area contributed by atoms with E-state index in [0.29, 0.717) is 36.4 Å². The van der Waals surface area contributed by atoms with Gasteiger partial charge in [0.25, 0.3) is 5.91 Å². The van der Waals surface area contributed by atoms with Crippen LogP contribution in [0.3, 0.4) is 0 Å². The van der Waals surface area contributed by atoms with Crippen LogP contribution in [0.5, 0.6) is 5.75 Å². The van der Waals surface area contributed by atoms with Crippen LogP contribution < -0.4 is 15.4 Å². The second-order valence-corrected chi connectivity index (χ2v) is 5.46. The fraction of sp³-hybridized carbons (Fsp3) is 0.500. The van der Waals surface area contributed by atoms with Gasteiger partial charge in [0.1, 0.15) is 5.75 Å². The van der Waals surface area contributed by atoms with Crippen molar-refractivity contribution in [1.82, 2.24) is 0 Å². The van der Waals surface area contributed by atoms with Crippen LogP contribution in [0.15, 0.2) is 18.2 Å². The van der Waals surface area contributed by atoms with Gasteiger partial charge in [-0.3, -0.25) is 9.59 Å². The first kappa shape index (κ1) is 15.5. The topological polar surface area (TPSA) is 72.6 Å². The predicted molar refractivity (Wildman–Crippen MR) is 81.8 cm³/mol. The van der Waals surface area contributed by atoms with Crippen LogP contribution in [0.25, 0.3) is 0 Å². The van der Waals surface area contributed by atoms with Crippen molar-refractivity contribution in [1.29, 1.82) is 0 Å². The maximum absolute atomic E-state index is 12.5. The molecule has 1 heterocycles. The molecule has 0 fully saturated rings. The van der Waals surface area contributed by atoms with Gasteiger partial charge in [0.2, 0.25) is 0 Å². The summed E-state index contributed by atoms with van der Waals surface area (Å²) in [7, 11) is 0. The van der Waals surface area contributed by atoms with Gasteiger partial charge in [-0.15, -0.1) is 0 Å². The van der Waals surface area contributed by atoms with E-state index in [1.807, 2.05) is 20.8 Å². The first-order valence-electron chi connectivity index (χ1n) is 7.36. The van der Waals surface area contributed by atoms with Gasteiger partial charge < -0.3 is 15.4 Å². The van der Waals surface area contributed by atoms with Crippen molar-refractivity contribution in [2.45, 2.75) is 45.8 Å². The molecule has 1 amide bonds. The number of hydrogen-bond acceptors (Lipinski definition) is 4. The van der Waals surface area contributed by atoms with Crippen LogP contribution in [-0.2, 0) is 4.79 Å². The summed E-state index contributed by atoms with van der Waals surface area (Å²) >= 11 is 0. The van der Waals surface area contributed by atoms with Crippen LogP contribution in [0, 0.1) is 0 Å². The number of rotatable bonds is 5. The van der Waals surface area contributed by atoms with E-state index in [1.54, 1.807) is 23.1 Å². The molecular formula is C16H22N2O3. The van der Waals surface area contributed by atoms with E-state index in [4.69, 9.17) is 10.5 Å². The van der Waals surface area contributed by atoms with E-state index in [2.05, 4.69) is 0 Å². The zero-order valence-electron chi connectivity index (χ0n) is 12.8. The lowest BCUT2D eigenvalue weighted by atomic mass is 10.0. The molecule has 1 aromatic rings. The van der Waals surface area contributed by atoms with E-state index in [-0.39, 0.29) is 17.7 Å². The Morgan fingerprint density at radius 1 is 1.43 bits per heavy atom. The van der Waals surface area contributed by atoms with Gasteiger partial charge in [0.05, 0.1) is 5.69 Å². The molecule has 1 unspecified atom stereocenters. The second-order valence-electron chi connectivity index (χ2n) is 5.46. The molecule has 5 heteroatoms. The number of ether oxygens (including phenoxy) is 1. The Morgan fingerprint density at radius 2 is 2.14 bits per heavy atom. The maximum atomic E-state index is 12.5. The van der Waals surface area contributed by atoms with Gasteiger partial charge in [-0.1, -0.05) is 6.92 Å². The van der Waals surface area contributed by atoms with Crippen molar-refractivity contribution in [3.63, 3.8) is 0 Å². The molecule has 0 bridgehead atoms. The molecule has 0 spiro atoms. The summed E-state index contributed by atoms with van der Waals surface area (Å²) < 4.78 is 5.74. The quantitative estimate of drug-likeness (QED) is 0.843. The van der Waals surface area contributed by atoms with Crippen molar-refractivity contribution < 1.29 is 14.3 Å². The lowest BCUT2D eigenvalue weighted by Crippen LogP contribution is -2.48. The zero-order valence-corrected chi connectivity index (χ0v) is 12.8. The monoisotopic (exact) mass is 290 g/mol. The Balaban J connectivity index is 2.45. The predicted octanol–water partition coefficient (Wildman–Crippen LogP) is 2.13. The summed E-state index contributed by atoms with van der Waals surface area (Å²) in [6.07, 6.45) is 0.466. The average molecular weight is 290 g/mol. The molecule has 1 aliphatic heterocycles. The standard InChI is InChI=1S/C16H22N2O3/c1-4-14-16(20)18(10(2)3)12-9-11(13(19)7-8-17)5-6-15(12)21-14/h5-6,9-10,14H,4,7-8,17H2,1-3H3. The minimum Gasteiger partial charge on any atom is -0.478 e. The van der Waals surface area contributed by atoms with Crippen LogP contribution >= 0.6 is 0 Å². The molecule has 5 nitrogen and oxygen atoms in total. The van der Waals surface area contributed by atoms with Crippen molar-refractivity contribution in [2.24, 2.45) is 5.73 Å². The van der Waals surface area contributed by atoms with Gasteiger partial charge in [-0.2, -0.15) is 0 Å². The largest absolute Gasteiger partial charge is 0.478 e. The number of nitrogens with two attached hydrogens (primary N) is 1. The Morgan fingerprint density at radius 3 is 2.71 bits per heavy atom. The third-order valence-corrected chi connectivity index (χ3v) is 3.58. The first-order valence-corrected chi connectivity index (χ1v) is 7.36. The smallest absolute Gasteiger partial charge is 0.268 e. The highest BCUT2D eigenvalue weighted by Gasteiger charge is 2.35. The SMILES string of the molecule is CCC1Oc2ccc(C(=O)CCN)cc2N(C(C)C)C1=O. The minimum absolute atomic E-state index is 0.00839. The summed E-state index contributed by atoms with van der Waals surface area (Å²) in [4.78, 5) is 26.2. The van der Waals surface area contributed by atoms with E-state index in [9.17, 15) is 9.59 Å². The number of anilines is 1. The van der Waals surface area contributed by atoms with Crippen molar-refractivity contribution >= 4 is 17.4 Å². The Labute approximate surface area is 125 Å². The van der Waals surface area contributed by atoms with E-state index in [1.165, 1.54) is 0 Å². The molecule has 1 aromatic carbocycles. The van der Waals surface area contributed by atoms with Crippen LogP contribution in [0.1, 0.15) is 44.0 Å². The van der Waals surface area contributed by atoms with Crippen LogP contribution in [0.2, 0.25) is 0 Å². The van der Waals surface area contributed by atoms with Gasteiger partial charge >= 0.3 is 0 Å². The van der Waals surface area contributed by atoms with Gasteiger partial charge in [-0.25, -0.2) is 0 Å². The Bertz CT molecular complexity index is 554. The highest BCUT2D eigenvalue weighted by Crippen LogP contribution is 2.37. The lowest BCUT2D eigenvalue weighted by Gasteiger charge is -2.36. The molecule has 2 rings (SSSR count). The number of Topliss-reactive ketones (excluding diaryl/α,β-unsaturated/α-hetero) is 1. The number of carbonyl (C=O) groups is 2. The number of benzene rings is 1. The molecule has 0 aliphatic carbocycles. The van der Waals surface area contributed by atoms with Gasteiger partial charge in [0, 0.05) is 18.0 Å². The number of ketones is 1. The molecule has 0 radical (unpaired) electrons. The highest BCUT2D eigenvalue weighted by atomic mass is 16.5. The molecule has 0 aromatic heterocycles. The second kappa shape index (κ2) is 6.26. The molecule has 114 valence electrons. The lowest BCUT2D eigenvalue weighted by molar-refractivity contribution is -0.126. The molecular weight excluding hydrogens is 268 g/mol. The van der Waals surface area contributed by atoms with Gasteiger partial charge in [0.15, 0.2) is 11.9 Å². The van der Waals surface area contributed by atoms with E-state index < -0.39 is 6.10 Å². The minimum atomic E-state index is -0.453. The maximum Gasteiger partial charge on any atom is 0.268 e. The number of amides is 1. The van der Waals surface area contributed by atoms with E-state index >= 15 is 0 Å². The summed E-state index contributed by atoms with van der Waals surface area (Å²) in [6.45, 7) is 6.14. The van der Waals surface area contributed by atoms with Crippen LogP contribution in [0.4, 0.5) is 5.69 Å². The number of fused-ring (bicyclic) bond motifs is 1. The number of hydrogen-bond donors (Lipinski definition) is 1. The molecule has 0 saturated carbocycles. The summed E-state index contributed by atoms with van der Waals surface area (Å²) in [5.41, 5.74) is 6.66. The van der Waals surface area contributed by atoms with Crippen LogP contribution in [-0.4, -0.2) is 30.4 Å². The van der Waals surface area contributed by atoms with Crippen molar-refractivity contribution in [3.05, 3.63) is 23.8 Å². The third kappa shape index (κ3) is 2.93. The normalized spacial score (nSPS) is 17.7. The highest BCUT2D eigenvalue weighted by molar-refractivity contribution is 6.03. The first-order chi connectivity index (χ1) is 9.99. The molecule has 1 atom stereocenters. The summed E-state index contributed by atoms with van der Waals surface area (Å²) in [6, 6.07) is 5.24. The summed E-state index contributed by atoms with van der Waals surface area (Å²) in [5, 5.41) is 0. The molecule has 21 heavy (non-hydrogen) atoms. The fourth-order valence-corrected chi connectivity index (χ4v) is 2.52. The van der Waals surface area contributed by atoms with Gasteiger partial charge in [-0.05, 0) is 45.0 Å². The fourth-order valence-electron chi connectivity index (χ4n) is 2.52. The molecule has 2 N–H and O–H groups in total. The Hall–Kier alpha value is -1.88. The summed E-state index contributed by atoms with van der Waals surface area (Å²) in [5.74, 6) is 0.581. The number of nitrogens with zero attached hydrogens (tertiary/aromatic N) is 1. The third-order valence-electron chi connectivity index (χ3n) is 3.58. The number of carbonyl (C=O) groups excluding carboxylic acids is 2. The van der Waals surface area contributed by atoms with Crippen molar-refractivity contribution in [2.75, 3.05) is 11.4 Å². The Kier molecular flexibility index (Phi) is 4.63. The average Bonchev–Trinajstić information content (AvgIpc) is 2.45. The molecule has 0 saturated heterocycles. The zero-order chi connectivity index (χ0) is 15.6. The van der Waals surface area contributed by atoms with Crippen molar-refractivity contribution in [3.8, 4) is 5.75 Å².